The van der Waals surface area contributed by atoms with Crippen molar-refractivity contribution < 1.29 is 13.9 Å². The molecule has 0 aliphatic carbocycles. The number of aromatic nitrogens is 1. The lowest BCUT2D eigenvalue weighted by atomic mass is 10.1. The van der Waals surface area contributed by atoms with Crippen molar-refractivity contribution in [1.29, 1.82) is 0 Å². The Bertz CT molecular complexity index is 1080. The van der Waals surface area contributed by atoms with Crippen LogP contribution in [-0.4, -0.2) is 11.0 Å². The van der Waals surface area contributed by atoms with Gasteiger partial charge in [0.1, 0.15) is 11.3 Å². The number of esters is 1. The second-order valence-corrected chi connectivity index (χ2v) is 5.31. The van der Waals surface area contributed by atoms with Crippen LogP contribution in [0.1, 0.15) is 0 Å². The van der Waals surface area contributed by atoms with Crippen molar-refractivity contribution in [2.24, 2.45) is 0 Å². The second-order valence-electron chi connectivity index (χ2n) is 5.31. The summed E-state index contributed by atoms with van der Waals surface area (Å²) < 4.78 is 11.0. The minimum Gasteiger partial charge on any atom is -0.436 e. The van der Waals surface area contributed by atoms with Gasteiger partial charge in [0.25, 0.3) is 0 Å². The molecule has 4 rings (SSSR count). The van der Waals surface area contributed by atoms with Gasteiger partial charge in [-0.15, -0.1) is 0 Å². The maximum atomic E-state index is 11.3. The van der Waals surface area contributed by atoms with Crippen LogP contribution in [0, 0.1) is 0 Å². The zero-order valence-corrected chi connectivity index (χ0v) is 12.7. The summed E-state index contributed by atoms with van der Waals surface area (Å²) in [5.74, 6) is 0.401. The molecule has 0 amide bonds. The molecule has 0 unspecified atom stereocenters. The van der Waals surface area contributed by atoms with Gasteiger partial charge >= 0.3 is 5.97 Å². The van der Waals surface area contributed by atoms with Gasteiger partial charge in [-0.25, -0.2) is 9.78 Å². The molecule has 0 atom stereocenters. The zero-order valence-electron chi connectivity index (χ0n) is 12.7. The van der Waals surface area contributed by atoms with E-state index in [0.717, 1.165) is 33.5 Å². The zero-order chi connectivity index (χ0) is 16.5. The Morgan fingerprint density at radius 1 is 1.08 bits per heavy atom. The standard InChI is InChI=1S/C20H13NO3/c1-2-18(22)23-15-8-5-7-14(12-15)20-21-19-16-9-4-3-6-13(16)10-11-17(19)24-20/h2-12H,1H2. The molecular weight excluding hydrogens is 302 g/mol. The smallest absolute Gasteiger partial charge is 0.335 e. The quantitative estimate of drug-likeness (QED) is 0.311. The summed E-state index contributed by atoms with van der Waals surface area (Å²) in [6.45, 7) is 3.39. The molecule has 0 aliphatic rings. The summed E-state index contributed by atoms with van der Waals surface area (Å²) in [6, 6.07) is 19.0. The van der Waals surface area contributed by atoms with Gasteiger partial charge in [0.2, 0.25) is 5.89 Å². The van der Waals surface area contributed by atoms with Crippen LogP contribution >= 0.6 is 0 Å². The van der Waals surface area contributed by atoms with Crippen molar-refractivity contribution in [2.45, 2.75) is 0 Å². The lowest BCUT2D eigenvalue weighted by Gasteiger charge is -2.02. The van der Waals surface area contributed by atoms with Crippen LogP contribution in [-0.2, 0) is 4.79 Å². The summed E-state index contributed by atoms with van der Waals surface area (Å²) in [4.78, 5) is 16.0. The molecule has 0 spiro atoms. The SMILES string of the molecule is C=CC(=O)Oc1cccc(-c2nc3c(ccc4ccccc43)o2)c1. The number of hydrogen-bond acceptors (Lipinski definition) is 4. The van der Waals surface area contributed by atoms with Gasteiger partial charge in [0, 0.05) is 17.0 Å². The molecule has 0 radical (unpaired) electrons. The van der Waals surface area contributed by atoms with Crippen molar-refractivity contribution in [1.82, 2.24) is 4.98 Å². The largest absolute Gasteiger partial charge is 0.436 e. The van der Waals surface area contributed by atoms with Gasteiger partial charge in [-0.05, 0) is 29.7 Å². The van der Waals surface area contributed by atoms with Crippen LogP contribution in [0.2, 0.25) is 0 Å². The monoisotopic (exact) mass is 315 g/mol. The Balaban J connectivity index is 1.82. The topological polar surface area (TPSA) is 52.3 Å². The van der Waals surface area contributed by atoms with E-state index in [1.807, 2.05) is 42.5 Å². The molecular formula is C20H13NO3. The van der Waals surface area contributed by atoms with Gasteiger partial charge in [-0.2, -0.15) is 0 Å². The summed E-state index contributed by atoms with van der Waals surface area (Å²) in [5.41, 5.74) is 2.28. The van der Waals surface area contributed by atoms with Crippen LogP contribution in [0.3, 0.4) is 0 Å². The number of nitrogens with zero attached hydrogens (tertiary/aromatic N) is 1. The first-order valence-corrected chi connectivity index (χ1v) is 7.47. The van der Waals surface area contributed by atoms with E-state index in [2.05, 4.69) is 11.6 Å². The molecule has 4 aromatic rings. The van der Waals surface area contributed by atoms with Crippen LogP contribution in [0.5, 0.6) is 5.75 Å². The molecule has 4 nitrogen and oxygen atoms in total. The maximum absolute atomic E-state index is 11.3. The predicted molar refractivity (Wildman–Crippen MR) is 92.8 cm³/mol. The first-order valence-electron chi connectivity index (χ1n) is 7.47. The number of fused-ring (bicyclic) bond motifs is 3. The van der Waals surface area contributed by atoms with Crippen LogP contribution in [0.15, 0.2) is 77.7 Å². The molecule has 0 fully saturated rings. The average molecular weight is 315 g/mol. The molecule has 0 N–H and O–H groups in total. The highest BCUT2D eigenvalue weighted by Crippen LogP contribution is 2.30. The minimum absolute atomic E-state index is 0.421. The van der Waals surface area contributed by atoms with Gasteiger partial charge in [-0.1, -0.05) is 43.0 Å². The minimum atomic E-state index is -0.504. The van der Waals surface area contributed by atoms with Gasteiger partial charge < -0.3 is 9.15 Å². The number of ether oxygens (including phenoxy) is 1. The van der Waals surface area contributed by atoms with E-state index in [1.165, 1.54) is 0 Å². The Morgan fingerprint density at radius 2 is 1.96 bits per heavy atom. The molecule has 0 saturated carbocycles. The third-order valence-corrected chi connectivity index (χ3v) is 3.75. The van der Waals surface area contributed by atoms with Crippen molar-refractivity contribution in [3.63, 3.8) is 0 Å². The Morgan fingerprint density at radius 3 is 2.83 bits per heavy atom. The summed E-state index contributed by atoms with van der Waals surface area (Å²) >= 11 is 0. The highest BCUT2D eigenvalue weighted by atomic mass is 16.5. The molecule has 0 saturated heterocycles. The molecule has 4 heteroatoms. The fraction of sp³-hybridized carbons (Fsp3) is 0. The van der Waals surface area contributed by atoms with Gasteiger partial charge in [0.05, 0.1) is 0 Å². The number of oxazole rings is 1. The Hall–Kier alpha value is -3.40. The van der Waals surface area contributed by atoms with Crippen molar-refractivity contribution >= 4 is 27.8 Å². The lowest BCUT2D eigenvalue weighted by molar-refractivity contribution is -0.128. The molecule has 0 aliphatic heterocycles. The summed E-state index contributed by atoms with van der Waals surface area (Å²) in [6.07, 6.45) is 1.12. The van der Waals surface area contributed by atoms with Crippen molar-refractivity contribution in [3.05, 3.63) is 73.3 Å². The molecule has 116 valence electrons. The number of carbonyl (C=O) groups is 1. The lowest BCUT2D eigenvalue weighted by Crippen LogP contribution is -2.02. The molecule has 3 aromatic carbocycles. The predicted octanol–water partition coefficient (Wildman–Crippen LogP) is 4.74. The number of benzene rings is 3. The number of hydrogen-bond donors (Lipinski definition) is 0. The van der Waals surface area contributed by atoms with Crippen LogP contribution in [0.25, 0.3) is 33.3 Å². The van der Waals surface area contributed by atoms with E-state index in [0.29, 0.717) is 11.6 Å². The van der Waals surface area contributed by atoms with E-state index in [9.17, 15) is 4.79 Å². The van der Waals surface area contributed by atoms with E-state index in [4.69, 9.17) is 9.15 Å². The Kier molecular flexibility index (Phi) is 3.35. The highest BCUT2D eigenvalue weighted by Gasteiger charge is 2.12. The third kappa shape index (κ3) is 2.44. The van der Waals surface area contributed by atoms with E-state index in [1.54, 1.807) is 18.2 Å². The van der Waals surface area contributed by atoms with Gasteiger partial charge in [-0.3, -0.25) is 0 Å². The van der Waals surface area contributed by atoms with Crippen LogP contribution in [0.4, 0.5) is 0 Å². The maximum Gasteiger partial charge on any atom is 0.335 e. The summed E-state index contributed by atoms with van der Waals surface area (Å²) in [5, 5.41) is 2.15. The van der Waals surface area contributed by atoms with Crippen molar-refractivity contribution in [3.8, 4) is 17.2 Å². The molecule has 1 aromatic heterocycles. The number of rotatable bonds is 3. The fourth-order valence-corrected chi connectivity index (χ4v) is 2.64. The van der Waals surface area contributed by atoms with E-state index >= 15 is 0 Å². The van der Waals surface area contributed by atoms with E-state index < -0.39 is 5.97 Å². The third-order valence-electron chi connectivity index (χ3n) is 3.75. The summed E-state index contributed by atoms with van der Waals surface area (Å²) in [7, 11) is 0. The molecule has 1 heterocycles. The molecule has 0 bridgehead atoms. The van der Waals surface area contributed by atoms with E-state index in [-0.39, 0.29) is 0 Å². The first-order chi connectivity index (χ1) is 11.7. The normalized spacial score (nSPS) is 10.8. The second kappa shape index (κ2) is 5.66. The van der Waals surface area contributed by atoms with Crippen molar-refractivity contribution in [2.75, 3.05) is 0 Å². The Labute approximate surface area is 138 Å². The highest BCUT2D eigenvalue weighted by molar-refractivity contribution is 6.03. The average Bonchev–Trinajstić information content (AvgIpc) is 3.06. The number of carbonyl (C=O) groups excluding carboxylic acids is 1. The molecule has 24 heavy (non-hydrogen) atoms. The van der Waals surface area contributed by atoms with Crippen LogP contribution < -0.4 is 4.74 Å². The fourth-order valence-electron chi connectivity index (χ4n) is 2.64. The van der Waals surface area contributed by atoms with Gasteiger partial charge in [0.15, 0.2) is 5.58 Å². The first kappa shape index (κ1) is 14.2.